The van der Waals surface area contributed by atoms with Gasteiger partial charge < -0.3 is 15.5 Å². The number of hydrogen-bond donors (Lipinski definition) is 3. The zero-order valence-electron chi connectivity index (χ0n) is 28.0. The first-order valence-electron chi connectivity index (χ1n) is 18.2. The number of amides is 1. The van der Waals surface area contributed by atoms with E-state index < -0.39 is 12.1 Å². The average Bonchev–Trinajstić information content (AvgIpc) is 2.99. The molecule has 4 nitrogen and oxygen atoms in total. The Morgan fingerprint density at radius 2 is 0.976 bits per heavy atom. The predicted molar refractivity (Wildman–Crippen MR) is 184 cm³/mol. The fraction of sp³-hybridized carbons (Fsp3) is 0.816. The van der Waals surface area contributed by atoms with Crippen LogP contribution in [0.25, 0.3) is 0 Å². The van der Waals surface area contributed by atoms with Crippen LogP contribution in [0.2, 0.25) is 0 Å². The molecule has 0 aliphatic heterocycles. The minimum atomic E-state index is -0.658. The lowest BCUT2D eigenvalue weighted by Crippen LogP contribution is -2.45. The van der Waals surface area contributed by atoms with Gasteiger partial charge in [-0.15, -0.1) is 0 Å². The molecule has 0 spiro atoms. The van der Waals surface area contributed by atoms with Gasteiger partial charge in [-0.1, -0.05) is 159 Å². The Balaban J connectivity index is 3.54. The number of hydrogen-bond acceptors (Lipinski definition) is 3. The lowest BCUT2D eigenvalue weighted by molar-refractivity contribution is -0.123. The SMILES string of the molecule is CCCCCCC/C=C\C/C=C\C/C=C\CCCCCCCCCCC(=O)NC(CO)C(O)CCCCCCCCC. The lowest BCUT2D eigenvalue weighted by Gasteiger charge is -2.22. The Bertz CT molecular complexity index is 642. The minimum Gasteiger partial charge on any atom is -0.394 e. The molecule has 0 radical (unpaired) electrons. The molecule has 42 heavy (non-hydrogen) atoms. The van der Waals surface area contributed by atoms with Gasteiger partial charge in [0.2, 0.25) is 5.91 Å². The van der Waals surface area contributed by atoms with E-state index in [0.29, 0.717) is 12.8 Å². The van der Waals surface area contributed by atoms with Crippen molar-refractivity contribution in [1.82, 2.24) is 5.32 Å². The zero-order valence-corrected chi connectivity index (χ0v) is 28.0. The first-order valence-corrected chi connectivity index (χ1v) is 18.2. The van der Waals surface area contributed by atoms with E-state index in [1.165, 1.54) is 116 Å². The first-order chi connectivity index (χ1) is 20.7. The van der Waals surface area contributed by atoms with Crippen LogP contribution < -0.4 is 5.32 Å². The maximum absolute atomic E-state index is 12.3. The number of rotatable bonds is 32. The fourth-order valence-corrected chi connectivity index (χ4v) is 5.31. The third-order valence-electron chi connectivity index (χ3n) is 8.15. The normalized spacial score (nSPS) is 13.5. The summed E-state index contributed by atoms with van der Waals surface area (Å²) in [5.41, 5.74) is 0. The van der Waals surface area contributed by atoms with E-state index in [1.54, 1.807) is 0 Å². The van der Waals surface area contributed by atoms with E-state index in [4.69, 9.17) is 0 Å². The van der Waals surface area contributed by atoms with Crippen molar-refractivity contribution in [2.45, 2.75) is 193 Å². The summed E-state index contributed by atoms with van der Waals surface area (Å²) in [4.78, 5) is 12.3. The summed E-state index contributed by atoms with van der Waals surface area (Å²) >= 11 is 0. The molecule has 0 aliphatic rings. The van der Waals surface area contributed by atoms with Crippen LogP contribution >= 0.6 is 0 Å². The second-order valence-electron chi connectivity index (χ2n) is 12.3. The third-order valence-corrected chi connectivity index (χ3v) is 8.15. The second kappa shape index (κ2) is 34.1. The zero-order chi connectivity index (χ0) is 30.8. The third kappa shape index (κ3) is 30.1. The van der Waals surface area contributed by atoms with E-state index in [-0.39, 0.29) is 12.5 Å². The minimum absolute atomic E-state index is 0.0449. The fourth-order valence-electron chi connectivity index (χ4n) is 5.31. The quantitative estimate of drug-likeness (QED) is 0.0540. The molecule has 0 aromatic rings. The van der Waals surface area contributed by atoms with Crippen molar-refractivity contribution in [3.8, 4) is 0 Å². The van der Waals surface area contributed by atoms with Crippen molar-refractivity contribution in [3.05, 3.63) is 36.5 Å². The van der Waals surface area contributed by atoms with Gasteiger partial charge in [-0.05, 0) is 51.4 Å². The molecule has 246 valence electrons. The molecule has 2 unspecified atom stereocenters. The number of nitrogens with one attached hydrogen (secondary N) is 1. The van der Waals surface area contributed by atoms with Gasteiger partial charge in [-0.25, -0.2) is 0 Å². The molecule has 0 rings (SSSR count). The summed E-state index contributed by atoms with van der Waals surface area (Å²) in [7, 11) is 0. The molecule has 0 aromatic carbocycles. The van der Waals surface area contributed by atoms with Crippen molar-refractivity contribution < 1.29 is 15.0 Å². The van der Waals surface area contributed by atoms with Crippen LogP contribution in [0.15, 0.2) is 36.5 Å². The highest BCUT2D eigenvalue weighted by atomic mass is 16.3. The van der Waals surface area contributed by atoms with Gasteiger partial charge in [0.15, 0.2) is 0 Å². The van der Waals surface area contributed by atoms with Gasteiger partial charge in [0, 0.05) is 6.42 Å². The standard InChI is InChI=1S/C38H71NO3/c1-3-5-7-9-11-12-13-14-15-16-17-18-19-20-21-22-23-24-25-26-28-30-32-34-38(42)39-36(35-40)37(41)33-31-29-27-10-8-6-4-2/h13-14,16-17,19-20,36-37,40-41H,3-12,15,18,21-35H2,1-2H3,(H,39,42)/b14-13-,17-16-,20-19-. The molecule has 1 amide bonds. The Labute approximate surface area is 261 Å². The van der Waals surface area contributed by atoms with Gasteiger partial charge in [0.1, 0.15) is 0 Å². The first kappa shape index (κ1) is 40.6. The van der Waals surface area contributed by atoms with Crippen LogP contribution in [0.1, 0.15) is 181 Å². The molecule has 0 aliphatic carbocycles. The molecule has 3 N–H and O–H groups in total. The topological polar surface area (TPSA) is 69.6 Å². The molecule has 0 bridgehead atoms. The molecule has 2 atom stereocenters. The number of unbranched alkanes of at least 4 members (excludes halogenated alkanes) is 19. The Morgan fingerprint density at radius 1 is 0.571 bits per heavy atom. The number of carbonyl (C=O) groups excluding carboxylic acids is 1. The van der Waals surface area contributed by atoms with E-state index in [0.717, 1.165) is 38.5 Å². The van der Waals surface area contributed by atoms with Crippen LogP contribution in [-0.4, -0.2) is 34.9 Å². The lowest BCUT2D eigenvalue weighted by atomic mass is 10.0. The van der Waals surface area contributed by atoms with Crippen LogP contribution in [0.3, 0.4) is 0 Å². The Hall–Kier alpha value is -1.39. The summed E-state index contributed by atoms with van der Waals surface area (Å²) in [5.74, 6) is -0.0449. The summed E-state index contributed by atoms with van der Waals surface area (Å²) in [6, 6.07) is -0.536. The van der Waals surface area contributed by atoms with E-state index in [2.05, 4.69) is 55.6 Å². The maximum Gasteiger partial charge on any atom is 0.220 e. The summed E-state index contributed by atoms with van der Waals surface area (Å²) < 4.78 is 0. The van der Waals surface area contributed by atoms with Gasteiger partial charge in [-0.2, -0.15) is 0 Å². The highest BCUT2D eigenvalue weighted by Crippen LogP contribution is 2.13. The van der Waals surface area contributed by atoms with Gasteiger partial charge in [0.25, 0.3) is 0 Å². The number of aliphatic hydroxyl groups is 2. The monoisotopic (exact) mass is 590 g/mol. The summed E-state index contributed by atoms with van der Waals surface area (Å²) in [5, 5.41) is 22.8. The van der Waals surface area contributed by atoms with Crippen molar-refractivity contribution in [2.75, 3.05) is 6.61 Å². The molecule has 0 fully saturated rings. The van der Waals surface area contributed by atoms with Crippen LogP contribution in [0.4, 0.5) is 0 Å². The Kier molecular flexibility index (Phi) is 33.0. The predicted octanol–water partition coefficient (Wildman–Crippen LogP) is 10.7. The summed E-state index contributed by atoms with van der Waals surface area (Å²) in [6.07, 6.45) is 43.5. The van der Waals surface area contributed by atoms with Crippen LogP contribution in [0, 0.1) is 0 Å². The van der Waals surface area contributed by atoms with E-state index in [9.17, 15) is 15.0 Å². The van der Waals surface area contributed by atoms with Crippen molar-refractivity contribution in [1.29, 1.82) is 0 Å². The van der Waals surface area contributed by atoms with Crippen LogP contribution in [0.5, 0.6) is 0 Å². The molecule has 0 saturated carbocycles. The van der Waals surface area contributed by atoms with E-state index in [1.807, 2.05) is 0 Å². The smallest absolute Gasteiger partial charge is 0.220 e. The van der Waals surface area contributed by atoms with Gasteiger partial charge in [-0.3, -0.25) is 4.79 Å². The molecular formula is C38H71NO3. The number of allylic oxidation sites excluding steroid dienone is 6. The molecule has 4 heteroatoms. The van der Waals surface area contributed by atoms with Crippen LogP contribution in [-0.2, 0) is 4.79 Å². The Morgan fingerprint density at radius 3 is 1.45 bits per heavy atom. The van der Waals surface area contributed by atoms with Gasteiger partial charge in [0.05, 0.1) is 18.8 Å². The highest BCUT2D eigenvalue weighted by molar-refractivity contribution is 5.76. The average molecular weight is 590 g/mol. The molecule has 0 heterocycles. The molecular weight excluding hydrogens is 518 g/mol. The largest absolute Gasteiger partial charge is 0.394 e. The van der Waals surface area contributed by atoms with E-state index >= 15 is 0 Å². The summed E-state index contributed by atoms with van der Waals surface area (Å²) in [6.45, 7) is 4.29. The van der Waals surface area contributed by atoms with Crippen molar-refractivity contribution in [3.63, 3.8) is 0 Å². The van der Waals surface area contributed by atoms with Crippen molar-refractivity contribution >= 4 is 5.91 Å². The highest BCUT2D eigenvalue weighted by Gasteiger charge is 2.19. The molecule has 0 aromatic heterocycles. The number of aliphatic hydroxyl groups excluding tert-OH is 2. The number of carbonyl (C=O) groups is 1. The molecule has 0 saturated heterocycles. The second-order valence-corrected chi connectivity index (χ2v) is 12.3. The maximum atomic E-state index is 12.3. The van der Waals surface area contributed by atoms with Crippen molar-refractivity contribution in [2.24, 2.45) is 0 Å². The van der Waals surface area contributed by atoms with Gasteiger partial charge >= 0.3 is 0 Å².